The highest BCUT2D eigenvalue weighted by molar-refractivity contribution is 5.48. The van der Waals surface area contributed by atoms with Crippen molar-refractivity contribution in [3.63, 3.8) is 0 Å². The summed E-state index contributed by atoms with van der Waals surface area (Å²) in [4.78, 5) is 0. The molecule has 0 N–H and O–H groups in total. The Morgan fingerprint density at radius 2 is 1.30 bits per heavy atom. The molecule has 0 aliphatic rings. The van der Waals surface area contributed by atoms with Gasteiger partial charge in [0.15, 0.2) is 0 Å². The number of ether oxygens (including phenoxy) is 2. The van der Waals surface area contributed by atoms with Gasteiger partial charge in [-0.2, -0.15) is 0 Å². The molecule has 0 bridgehead atoms. The molecule has 2 nitrogen and oxygen atoms in total. The van der Waals surface area contributed by atoms with E-state index in [9.17, 15) is 0 Å². The Morgan fingerprint density at radius 1 is 0.739 bits per heavy atom. The van der Waals surface area contributed by atoms with Gasteiger partial charge in [-0.1, -0.05) is 66.7 Å². The van der Waals surface area contributed by atoms with Gasteiger partial charge < -0.3 is 9.47 Å². The van der Waals surface area contributed by atoms with Gasteiger partial charge in [0, 0.05) is 12.7 Å². The first kappa shape index (κ1) is 15.3. The minimum atomic E-state index is -0.700. The predicted molar refractivity (Wildman–Crippen MR) is 91.6 cm³/mol. The van der Waals surface area contributed by atoms with Crippen molar-refractivity contribution in [1.82, 2.24) is 0 Å². The fraction of sp³-hybridized carbons (Fsp3) is 0.143. The second-order valence-electron chi connectivity index (χ2n) is 5.26. The van der Waals surface area contributed by atoms with Crippen molar-refractivity contribution < 1.29 is 9.47 Å². The van der Waals surface area contributed by atoms with Crippen LogP contribution in [0.3, 0.4) is 0 Å². The normalized spacial score (nSPS) is 11.2. The van der Waals surface area contributed by atoms with E-state index in [4.69, 9.17) is 9.47 Å². The summed E-state index contributed by atoms with van der Waals surface area (Å²) >= 11 is 0. The number of hydrogen-bond donors (Lipinski definition) is 0. The van der Waals surface area contributed by atoms with Crippen molar-refractivity contribution in [3.05, 3.63) is 102 Å². The average Bonchev–Trinajstić information content (AvgIpc) is 2.65. The molecule has 0 saturated carbocycles. The highest BCUT2D eigenvalue weighted by Crippen LogP contribution is 2.39. The van der Waals surface area contributed by atoms with Crippen LogP contribution in [-0.2, 0) is 10.3 Å². The smallest absolute Gasteiger partial charge is 0.143 e. The Hall–Kier alpha value is -2.58. The Balaban J connectivity index is 2.24. The maximum atomic E-state index is 6.10. The van der Waals surface area contributed by atoms with Gasteiger partial charge in [0.2, 0.25) is 0 Å². The molecule has 0 aromatic heterocycles. The summed E-state index contributed by atoms with van der Waals surface area (Å²) < 4.78 is 11.4. The lowest BCUT2D eigenvalue weighted by Crippen LogP contribution is -2.31. The van der Waals surface area contributed by atoms with E-state index in [2.05, 4.69) is 30.3 Å². The Kier molecular flexibility index (Phi) is 4.45. The summed E-state index contributed by atoms with van der Waals surface area (Å²) in [6.07, 6.45) is 0. The van der Waals surface area contributed by atoms with Crippen LogP contribution in [0.15, 0.2) is 78.9 Å². The molecule has 1 radical (unpaired) electrons. The third-order valence-electron chi connectivity index (χ3n) is 4.07. The molecule has 0 aliphatic carbocycles. The highest BCUT2D eigenvalue weighted by atomic mass is 16.5. The Labute approximate surface area is 137 Å². The molecule has 3 aromatic rings. The molecule has 0 spiro atoms. The van der Waals surface area contributed by atoms with Gasteiger partial charge in [-0.05, 0) is 29.3 Å². The van der Waals surface area contributed by atoms with Crippen LogP contribution in [0.1, 0.15) is 16.7 Å². The molecule has 3 aromatic carbocycles. The van der Waals surface area contributed by atoms with Gasteiger partial charge >= 0.3 is 0 Å². The third kappa shape index (κ3) is 2.73. The van der Waals surface area contributed by atoms with E-state index in [0.717, 1.165) is 22.4 Å². The molecule has 0 atom stereocenters. The first-order valence-corrected chi connectivity index (χ1v) is 7.53. The summed E-state index contributed by atoms with van der Waals surface area (Å²) in [5.41, 5.74) is 2.37. The molecule has 0 saturated heterocycles. The van der Waals surface area contributed by atoms with E-state index >= 15 is 0 Å². The van der Waals surface area contributed by atoms with E-state index in [0.29, 0.717) is 0 Å². The van der Waals surface area contributed by atoms with E-state index in [-0.39, 0.29) is 0 Å². The highest BCUT2D eigenvalue weighted by Gasteiger charge is 2.36. The summed E-state index contributed by atoms with van der Waals surface area (Å²) in [5, 5.41) is 0. The van der Waals surface area contributed by atoms with Crippen molar-refractivity contribution in [3.8, 4) is 5.75 Å². The standard InChI is InChI=1S/C21H19O2/c1-22-20-15-13-19(14-16-20)21(23-2,17-9-5-3-6-10-17)18-11-7-4-8-12-18/h3-13,15-16H,1-2H3. The van der Waals surface area contributed by atoms with Crippen LogP contribution in [0.4, 0.5) is 0 Å². The van der Waals surface area contributed by atoms with Crippen molar-refractivity contribution in [2.75, 3.05) is 14.2 Å². The van der Waals surface area contributed by atoms with Gasteiger partial charge in [-0.3, -0.25) is 0 Å². The van der Waals surface area contributed by atoms with Crippen molar-refractivity contribution in [1.29, 1.82) is 0 Å². The lowest BCUT2D eigenvalue weighted by molar-refractivity contribution is 0.0582. The number of benzene rings is 3. The molecule has 0 fully saturated rings. The van der Waals surface area contributed by atoms with Crippen LogP contribution in [0.25, 0.3) is 0 Å². The molecule has 2 heteroatoms. The SMILES string of the molecule is COc1c[c]c(C(OC)(c2ccccc2)c2ccccc2)cc1. The van der Waals surface area contributed by atoms with Crippen molar-refractivity contribution in [2.24, 2.45) is 0 Å². The van der Waals surface area contributed by atoms with Crippen molar-refractivity contribution in [2.45, 2.75) is 5.60 Å². The second kappa shape index (κ2) is 6.67. The monoisotopic (exact) mass is 303 g/mol. The topological polar surface area (TPSA) is 18.5 Å². The fourth-order valence-electron chi connectivity index (χ4n) is 2.93. The lowest BCUT2D eigenvalue weighted by Gasteiger charge is -2.34. The Bertz CT molecular complexity index is 694. The van der Waals surface area contributed by atoms with E-state index in [1.807, 2.05) is 54.6 Å². The zero-order valence-electron chi connectivity index (χ0n) is 13.3. The van der Waals surface area contributed by atoms with Gasteiger partial charge in [0.05, 0.1) is 7.11 Å². The largest absolute Gasteiger partial charge is 0.497 e. The van der Waals surface area contributed by atoms with Gasteiger partial charge in [0.1, 0.15) is 11.4 Å². The molecule has 0 aliphatic heterocycles. The predicted octanol–water partition coefficient (Wildman–Crippen LogP) is 4.43. The summed E-state index contributed by atoms with van der Waals surface area (Å²) in [6.45, 7) is 0. The Morgan fingerprint density at radius 3 is 1.70 bits per heavy atom. The summed E-state index contributed by atoms with van der Waals surface area (Å²) in [6, 6.07) is 29.5. The zero-order chi connectivity index (χ0) is 16.1. The van der Waals surface area contributed by atoms with Crippen LogP contribution < -0.4 is 4.74 Å². The van der Waals surface area contributed by atoms with Gasteiger partial charge in [0.25, 0.3) is 0 Å². The first-order chi connectivity index (χ1) is 11.3. The van der Waals surface area contributed by atoms with Crippen LogP contribution in [0, 0.1) is 6.07 Å². The second-order valence-corrected chi connectivity index (χ2v) is 5.26. The molecule has 0 unspecified atom stereocenters. The number of rotatable bonds is 5. The molecule has 3 rings (SSSR count). The minimum absolute atomic E-state index is 0.700. The molecule has 23 heavy (non-hydrogen) atoms. The van der Waals surface area contributed by atoms with Gasteiger partial charge in [-0.15, -0.1) is 0 Å². The number of methoxy groups -OCH3 is 2. The molecular weight excluding hydrogens is 284 g/mol. The lowest BCUT2D eigenvalue weighted by atomic mass is 9.80. The quantitative estimate of drug-likeness (QED) is 0.649. The fourth-order valence-corrected chi connectivity index (χ4v) is 2.93. The third-order valence-corrected chi connectivity index (χ3v) is 4.07. The van der Waals surface area contributed by atoms with Crippen LogP contribution in [0.2, 0.25) is 0 Å². The van der Waals surface area contributed by atoms with Crippen LogP contribution >= 0.6 is 0 Å². The van der Waals surface area contributed by atoms with Crippen LogP contribution in [-0.4, -0.2) is 14.2 Å². The van der Waals surface area contributed by atoms with Crippen LogP contribution in [0.5, 0.6) is 5.75 Å². The molecule has 0 heterocycles. The summed E-state index contributed by atoms with van der Waals surface area (Å²) in [5.74, 6) is 0.778. The molecule has 115 valence electrons. The average molecular weight is 303 g/mol. The van der Waals surface area contributed by atoms with E-state index in [1.54, 1.807) is 14.2 Å². The van der Waals surface area contributed by atoms with Gasteiger partial charge in [-0.25, -0.2) is 0 Å². The number of hydrogen-bond acceptors (Lipinski definition) is 2. The van der Waals surface area contributed by atoms with E-state index < -0.39 is 5.60 Å². The van der Waals surface area contributed by atoms with E-state index in [1.165, 1.54) is 0 Å². The van der Waals surface area contributed by atoms with Crippen molar-refractivity contribution >= 4 is 0 Å². The maximum absolute atomic E-state index is 6.10. The summed E-state index contributed by atoms with van der Waals surface area (Å²) in [7, 11) is 3.39. The minimum Gasteiger partial charge on any atom is -0.497 e. The first-order valence-electron chi connectivity index (χ1n) is 7.53. The zero-order valence-corrected chi connectivity index (χ0v) is 13.3. The maximum Gasteiger partial charge on any atom is 0.143 e. The molecular formula is C21H19O2. The molecule has 0 amide bonds.